The van der Waals surface area contributed by atoms with E-state index in [9.17, 15) is 0 Å². The smallest absolute Gasteiger partial charge is 0.0243 e. The standard InChI is InChI=1S/C15H32N2/c1-12-7-6-8-13(9-12)14(10-16)17(5)11-15(2,3)4/h12-14H,6-11,16H2,1-5H3. The molecule has 0 aromatic carbocycles. The predicted octanol–water partition coefficient (Wildman–Crippen LogP) is 3.12. The van der Waals surface area contributed by atoms with E-state index < -0.39 is 0 Å². The summed E-state index contributed by atoms with van der Waals surface area (Å²) in [4.78, 5) is 2.50. The first kappa shape index (κ1) is 15.0. The Labute approximate surface area is 108 Å². The highest BCUT2D eigenvalue weighted by molar-refractivity contribution is 4.84. The molecule has 0 aromatic rings. The van der Waals surface area contributed by atoms with Crippen molar-refractivity contribution in [2.75, 3.05) is 20.1 Å². The van der Waals surface area contributed by atoms with Crippen molar-refractivity contribution in [2.24, 2.45) is 23.0 Å². The van der Waals surface area contributed by atoms with E-state index >= 15 is 0 Å². The molecule has 1 saturated carbocycles. The lowest BCUT2D eigenvalue weighted by atomic mass is 9.78. The maximum atomic E-state index is 6.03. The summed E-state index contributed by atoms with van der Waals surface area (Å²) in [6.07, 6.45) is 5.56. The Morgan fingerprint density at radius 2 is 1.94 bits per heavy atom. The molecule has 2 nitrogen and oxygen atoms in total. The molecule has 3 atom stereocenters. The van der Waals surface area contributed by atoms with Gasteiger partial charge in [0.1, 0.15) is 0 Å². The molecule has 0 bridgehead atoms. The topological polar surface area (TPSA) is 29.3 Å². The summed E-state index contributed by atoms with van der Waals surface area (Å²) in [5.41, 5.74) is 6.39. The molecule has 0 heterocycles. The van der Waals surface area contributed by atoms with Crippen molar-refractivity contribution < 1.29 is 0 Å². The van der Waals surface area contributed by atoms with Gasteiger partial charge in [-0.15, -0.1) is 0 Å². The maximum absolute atomic E-state index is 6.03. The monoisotopic (exact) mass is 240 g/mol. The van der Waals surface area contributed by atoms with Gasteiger partial charge in [0.05, 0.1) is 0 Å². The zero-order chi connectivity index (χ0) is 13.1. The Hall–Kier alpha value is -0.0800. The maximum Gasteiger partial charge on any atom is 0.0243 e. The molecule has 0 aliphatic heterocycles. The molecule has 2 heteroatoms. The average Bonchev–Trinajstić information content (AvgIpc) is 2.15. The number of hydrogen-bond donors (Lipinski definition) is 1. The Kier molecular flexibility index (Phi) is 5.46. The Bertz CT molecular complexity index is 219. The summed E-state index contributed by atoms with van der Waals surface area (Å²) in [7, 11) is 2.25. The summed E-state index contributed by atoms with van der Waals surface area (Å²) in [5, 5.41) is 0. The van der Waals surface area contributed by atoms with Gasteiger partial charge in [0.25, 0.3) is 0 Å². The van der Waals surface area contributed by atoms with Crippen molar-refractivity contribution in [3.8, 4) is 0 Å². The SMILES string of the molecule is CC1CCCC(C(CN)N(C)CC(C)(C)C)C1. The van der Waals surface area contributed by atoms with Gasteiger partial charge in [0.2, 0.25) is 0 Å². The van der Waals surface area contributed by atoms with E-state index in [2.05, 4.69) is 39.6 Å². The van der Waals surface area contributed by atoms with Crippen LogP contribution in [0.2, 0.25) is 0 Å². The Morgan fingerprint density at radius 3 is 2.41 bits per heavy atom. The van der Waals surface area contributed by atoms with Crippen molar-refractivity contribution in [3.63, 3.8) is 0 Å². The van der Waals surface area contributed by atoms with E-state index in [0.717, 1.165) is 24.9 Å². The second-order valence-corrected chi connectivity index (χ2v) is 7.31. The van der Waals surface area contributed by atoms with Crippen LogP contribution in [0.4, 0.5) is 0 Å². The lowest BCUT2D eigenvalue weighted by molar-refractivity contribution is 0.101. The first-order chi connectivity index (χ1) is 7.83. The average molecular weight is 240 g/mol. The Morgan fingerprint density at radius 1 is 1.29 bits per heavy atom. The van der Waals surface area contributed by atoms with E-state index in [0.29, 0.717) is 11.5 Å². The molecular weight excluding hydrogens is 208 g/mol. The normalized spacial score (nSPS) is 28.4. The zero-order valence-corrected chi connectivity index (χ0v) is 12.5. The highest BCUT2D eigenvalue weighted by Crippen LogP contribution is 2.32. The molecule has 1 fully saturated rings. The van der Waals surface area contributed by atoms with Gasteiger partial charge >= 0.3 is 0 Å². The van der Waals surface area contributed by atoms with Crippen LogP contribution in [0.1, 0.15) is 53.4 Å². The Balaban J connectivity index is 2.57. The van der Waals surface area contributed by atoms with Crippen LogP contribution in [0.15, 0.2) is 0 Å². The van der Waals surface area contributed by atoms with Crippen LogP contribution in [0, 0.1) is 17.3 Å². The third kappa shape index (κ3) is 4.97. The molecule has 1 rings (SSSR count). The van der Waals surface area contributed by atoms with Crippen LogP contribution >= 0.6 is 0 Å². The third-order valence-corrected chi connectivity index (χ3v) is 4.05. The molecular formula is C15H32N2. The molecule has 3 unspecified atom stereocenters. The minimum absolute atomic E-state index is 0.364. The van der Waals surface area contributed by atoms with E-state index in [1.807, 2.05) is 0 Å². The van der Waals surface area contributed by atoms with Gasteiger partial charge in [0, 0.05) is 19.1 Å². The first-order valence-corrected chi connectivity index (χ1v) is 7.24. The number of nitrogens with two attached hydrogens (primary N) is 1. The molecule has 2 N–H and O–H groups in total. The van der Waals surface area contributed by atoms with Crippen LogP contribution < -0.4 is 5.73 Å². The van der Waals surface area contributed by atoms with Crippen LogP contribution in [-0.2, 0) is 0 Å². The fraction of sp³-hybridized carbons (Fsp3) is 1.00. The van der Waals surface area contributed by atoms with E-state index in [-0.39, 0.29) is 0 Å². The van der Waals surface area contributed by atoms with Crippen LogP contribution in [-0.4, -0.2) is 31.1 Å². The molecule has 0 radical (unpaired) electrons. The molecule has 0 amide bonds. The van der Waals surface area contributed by atoms with Crippen molar-refractivity contribution in [1.29, 1.82) is 0 Å². The number of nitrogens with zero attached hydrogens (tertiary/aromatic N) is 1. The summed E-state index contributed by atoms with van der Waals surface area (Å²) in [5.74, 6) is 1.71. The molecule has 0 aromatic heterocycles. The minimum Gasteiger partial charge on any atom is -0.329 e. The third-order valence-electron chi connectivity index (χ3n) is 4.05. The molecule has 0 saturated heterocycles. The van der Waals surface area contributed by atoms with E-state index in [1.54, 1.807) is 0 Å². The van der Waals surface area contributed by atoms with E-state index in [4.69, 9.17) is 5.73 Å². The second-order valence-electron chi connectivity index (χ2n) is 7.31. The van der Waals surface area contributed by atoms with Gasteiger partial charge in [-0.1, -0.05) is 40.5 Å². The van der Waals surface area contributed by atoms with Crippen LogP contribution in [0.25, 0.3) is 0 Å². The lowest BCUT2D eigenvalue weighted by Crippen LogP contribution is -2.47. The van der Waals surface area contributed by atoms with Gasteiger partial charge in [0.15, 0.2) is 0 Å². The van der Waals surface area contributed by atoms with Crippen molar-refractivity contribution in [1.82, 2.24) is 4.90 Å². The highest BCUT2D eigenvalue weighted by Gasteiger charge is 2.29. The molecule has 0 spiro atoms. The van der Waals surface area contributed by atoms with E-state index in [1.165, 1.54) is 25.7 Å². The van der Waals surface area contributed by atoms with Gasteiger partial charge in [-0.05, 0) is 37.1 Å². The fourth-order valence-electron chi connectivity index (χ4n) is 3.43. The summed E-state index contributed by atoms with van der Waals surface area (Å²) in [6, 6.07) is 0.581. The van der Waals surface area contributed by atoms with Gasteiger partial charge in [-0.2, -0.15) is 0 Å². The first-order valence-electron chi connectivity index (χ1n) is 7.24. The van der Waals surface area contributed by atoms with Gasteiger partial charge in [-0.3, -0.25) is 0 Å². The second kappa shape index (κ2) is 6.19. The van der Waals surface area contributed by atoms with Crippen LogP contribution in [0.5, 0.6) is 0 Å². The minimum atomic E-state index is 0.364. The van der Waals surface area contributed by atoms with Crippen LogP contribution in [0.3, 0.4) is 0 Å². The summed E-state index contributed by atoms with van der Waals surface area (Å²) >= 11 is 0. The molecule has 1 aliphatic carbocycles. The molecule has 1 aliphatic rings. The summed E-state index contributed by atoms with van der Waals surface area (Å²) < 4.78 is 0. The molecule has 17 heavy (non-hydrogen) atoms. The van der Waals surface area contributed by atoms with Crippen molar-refractivity contribution >= 4 is 0 Å². The van der Waals surface area contributed by atoms with Crippen molar-refractivity contribution in [2.45, 2.75) is 59.4 Å². The highest BCUT2D eigenvalue weighted by atomic mass is 15.1. The fourth-order valence-corrected chi connectivity index (χ4v) is 3.43. The molecule has 102 valence electrons. The van der Waals surface area contributed by atoms with Gasteiger partial charge < -0.3 is 10.6 Å². The number of likely N-dealkylation sites (N-methyl/N-ethyl adjacent to an activating group) is 1. The number of hydrogen-bond acceptors (Lipinski definition) is 2. The summed E-state index contributed by atoms with van der Waals surface area (Å²) in [6.45, 7) is 11.3. The number of rotatable bonds is 4. The zero-order valence-electron chi connectivity index (χ0n) is 12.5. The lowest BCUT2D eigenvalue weighted by Gasteiger charge is -2.40. The van der Waals surface area contributed by atoms with Gasteiger partial charge in [-0.25, -0.2) is 0 Å². The quantitative estimate of drug-likeness (QED) is 0.818. The van der Waals surface area contributed by atoms with Crippen molar-refractivity contribution in [3.05, 3.63) is 0 Å². The predicted molar refractivity (Wildman–Crippen MR) is 76.0 cm³/mol. The largest absolute Gasteiger partial charge is 0.329 e.